The molecule has 0 amide bonds. The molecule has 110 valence electrons. The largest absolute Gasteiger partial charge is 0.357 e. The Labute approximate surface area is 128 Å². The average molecular weight is 294 g/mol. The molecule has 1 aromatic heterocycles. The Hall–Kier alpha value is -2.95. The van der Waals surface area contributed by atoms with Crippen LogP contribution in [0.4, 0.5) is 21.8 Å². The third-order valence-corrected chi connectivity index (χ3v) is 3.14. The summed E-state index contributed by atoms with van der Waals surface area (Å²) in [5, 5.41) is 6.11. The summed E-state index contributed by atoms with van der Waals surface area (Å²) in [6.07, 6.45) is 0. The van der Waals surface area contributed by atoms with Crippen molar-refractivity contribution >= 4 is 17.5 Å². The van der Waals surface area contributed by atoms with E-state index in [0.29, 0.717) is 11.8 Å². The third-order valence-electron chi connectivity index (χ3n) is 3.14. The molecule has 0 atom stereocenters. The number of hydrogen-bond donors (Lipinski definition) is 2. The molecule has 0 saturated heterocycles. The second-order valence-corrected chi connectivity index (χ2v) is 4.71. The molecule has 5 heteroatoms. The maximum atomic E-state index is 13.0. The van der Waals surface area contributed by atoms with Crippen LogP contribution in [-0.2, 0) is 0 Å². The molecule has 4 nitrogen and oxygen atoms in total. The molecule has 0 saturated carbocycles. The Kier molecular flexibility index (Phi) is 3.96. The van der Waals surface area contributed by atoms with Gasteiger partial charge in [-0.25, -0.2) is 9.37 Å². The minimum absolute atomic E-state index is 0.269. The van der Waals surface area contributed by atoms with Gasteiger partial charge in [0.15, 0.2) is 0 Å². The lowest BCUT2D eigenvalue weighted by Gasteiger charge is -2.10. The Morgan fingerprint density at radius 2 is 1.64 bits per heavy atom. The maximum Gasteiger partial charge on any atom is 0.224 e. The Morgan fingerprint density at radius 3 is 2.32 bits per heavy atom. The number of benzene rings is 2. The summed E-state index contributed by atoms with van der Waals surface area (Å²) in [6.45, 7) is 0. The fraction of sp³-hybridized carbons (Fsp3) is 0.0588. The molecule has 3 rings (SSSR count). The van der Waals surface area contributed by atoms with Gasteiger partial charge in [0.2, 0.25) is 5.95 Å². The SMILES string of the molecule is CNc1nc(Nc2ccc(F)cc2)cc(-c2ccccc2)n1. The first-order valence-electron chi connectivity index (χ1n) is 6.89. The normalized spacial score (nSPS) is 10.3. The van der Waals surface area contributed by atoms with Gasteiger partial charge in [0.05, 0.1) is 5.69 Å². The van der Waals surface area contributed by atoms with Gasteiger partial charge in [-0.3, -0.25) is 0 Å². The topological polar surface area (TPSA) is 49.8 Å². The van der Waals surface area contributed by atoms with E-state index in [4.69, 9.17) is 0 Å². The zero-order chi connectivity index (χ0) is 15.4. The molecule has 0 aliphatic heterocycles. The monoisotopic (exact) mass is 294 g/mol. The lowest BCUT2D eigenvalue weighted by molar-refractivity contribution is 0.628. The Bertz CT molecular complexity index is 757. The Morgan fingerprint density at radius 1 is 0.909 bits per heavy atom. The molecular formula is C17H15FN4. The van der Waals surface area contributed by atoms with Gasteiger partial charge in [-0.2, -0.15) is 4.98 Å². The van der Waals surface area contributed by atoms with E-state index in [1.807, 2.05) is 36.4 Å². The van der Waals surface area contributed by atoms with Crippen LogP contribution < -0.4 is 10.6 Å². The zero-order valence-electron chi connectivity index (χ0n) is 12.0. The van der Waals surface area contributed by atoms with Crippen molar-refractivity contribution in [3.8, 4) is 11.3 Å². The molecule has 1 heterocycles. The fourth-order valence-corrected chi connectivity index (χ4v) is 2.06. The van der Waals surface area contributed by atoms with Crippen molar-refractivity contribution in [3.63, 3.8) is 0 Å². The minimum Gasteiger partial charge on any atom is -0.357 e. The lowest BCUT2D eigenvalue weighted by atomic mass is 10.1. The minimum atomic E-state index is -0.269. The summed E-state index contributed by atoms with van der Waals surface area (Å²) in [6, 6.07) is 17.9. The quantitative estimate of drug-likeness (QED) is 0.761. The summed E-state index contributed by atoms with van der Waals surface area (Å²) in [5.41, 5.74) is 2.58. The highest BCUT2D eigenvalue weighted by molar-refractivity contribution is 5.67. The van der Waals surface area contributed by atoms with Crippen LogP contribution in [0.5, 0.6) is 0 Å². The van der Waals surface area contributed by atoms with E-state index in [0.717, 1.165) is 16.9 Å². The van der Waals surface area contributed by atoms with E-state index in [2.05, 4.69) is 20.6 Å². The zero-order valence-corrected chi connectivity index (χ0v) is 12.0. The van der Waals surface area contributed by atoms with Crippen LogP contribution >= 0.6 is 0 Å². The molecule has 0 fully saturated rings. The molecule has 0 unspecified atom stereocenters. The van der Waals surface area contributed by atoms with Gasteiger partial charge in [0.25, 0.3) is 0 Å². The highest BCUT2D eigenvalue weighted by Crippen LogP contribution is 2.23. The number of nitrogens with zero attached hydrogens (tertiary/aromatic N) is 2. The van der Waals surface area contributed by atoms with E-state index < -0.39 is 0 Å². The van der Waals surface area contributed by atoms with Crippen LogP contribution in [0.2, 0.25) is 0 Å². The number of aromatic nitrogens is 2. The summed E-state index contributed by atoms with van der Waals surface area (Å²) in [7, 11) is 1.77. The summed E-state index contributed by atoms with van der Waals surface area (Å²) >= 11 is 0. The first-order valence-corrected chi connectivity index (χ1v) is 6.89. The van der Waals surface area contributed by atoms with E-state index in [9.17, 15) is 4.39 Å². The van der Waals surface area contributed by atoms with Gasteiger partial charge in [-0.15, -0.1) is 0 Å². The molecule has 0 radical (unpaired) electrons. The molecule has 0 aliphatic rings. The van der Waals surface area contributed by atoms with Gasteiger partial charge in [0.1, 0.15) is 11.6 Å². The molecule has 2 aromatic carbocycles. The summed E-state index contributed by atoms with van der Waals surface area (Å²) < 4.78 is 13.0. The number of halogens is 1. The highest BCUT2D eigenvalue weighted by Gasteiger charge is 2.06. The number of rotatable bonds is 4. The van der Waals surface area contributed by atoms with Crippen molar-refractivity contribution in [1.29, 1.82) is 0 Å². The standard InChI is InChI=1S/C17H15FN4/c1-19-17-21-15(12-5-3-2-4-6-12)11-16(22-17)20-14-9-7-13(18)8-10-14/h2-11H,1H3,(H2,19,20,21,22). The van der Waals surface area contributed by atoms with Gasteiger partial charge < -0.3 is 10.6 Å². The van der Waals surface area contributed by atoms with Crippen molar-refractivity contribution in [2.24, 2.45) is 0 Å². The lowest BCUT2D eigenvalue weighted by Crippen LogP contribution is -2.02. The van der Waals surface area contributed by atoms with E-state index in [1.54, 1.807) is 19.2 Å². The van der Waals surface area contributed by atoms with Crippen LogP contribution in [0.15, 0.2) is 60.7 Å². The van der Waals surface area contributed by atoms with Crippen LogP contribution in [0.3, 0.4) is 0 Å². The first-order chi connectivity index (χ1) is 10.7. The number of nitrogens with one attached hydrogen (secondary N) is 2. The van der Waals surface area contributed by atoms with Crippen molar-refractivity contribution in [3.05, 3.63) is 66.5 Å². The molecule has 0 aliphatic carbocycles. The fourth-order valence-electron chi connectivity index (χ4n) is 2.06. The van der Waals surface area contributed by atoms with Crippen LogP contribution in [0, 0.1) is 5.82 Å². The second kappa shape index (κ2) is 6.22. The van der Waals surface area contributed by atoms with Crippen LogP contribution in [-0.4, -0.2) is 17.0 Å². The summed E-state index contributed by atoms with van der Waals surface area (Å²) in [4.78, 5) is 8.82. The predicted molar refractivity (Wildman–Crippen MR) is 86.7 cm³/mol. The average Bonchev–Trinajstić information content (AvgIpc) is 2.57. The van der Waals surface area contributed by atoms with Crippen molar-refractivity contribution in [1.82, 2.24) is 9.97 Å². The maximum absolute atomic E-state index is 13.0. The predicted octanol–water partition coefficient (Wildman–Crippen LogP) is 4.07. The summed E-state index contributed by atoms with van der Waals surface area (Å²) in [5.74, 6) is 0.893. The first kappa shape index (κ1) is 14.0. The van der Waals surface area contributed by atoms with E-state index >= 15 is 0 Å². The van der Waals surface area contributed by atoms with Gasteiger partial charge in [-0.05, 0) is 24.3 Å². The van der Waals surface area contributed by atoms with E-state index in [-0.39, 0.29) is 5.82 Å². The highest BCUT2D eigenvalue weighted by atomic mass is 19.1. The van der Waals surface area contributed by atoms with Crippen molar-refractivity contribution in [2.75, 3.05) is 17.7 Å². The molecule has 0 spiro atoms. The third kappa shape index (κ3) is 3.20. The van der Waals surface area contributed by atoms with Gasteiger partial charge in [0, 0.05) is 24.4 Å². The van der Waals surface area contributed by atoms with E-state index in [1.165, 1.54) is 12.1 Å². The second-order valence-electron chi connectivity index (χ2n) is 4.71. The van der Waals surface area contributed by atoms with Crippen molar-refractivity contribution in [2.45, 2.75) is 0 Å². The van der Waals surface area contributed by atoms with Crippen LogP contribution in [0.1, 0.15) is 0 Å². The van der Waals surface area contributed by atoms with Gasteiger partial charge >= 0.3 is 0 Å². The number of anilines is 3. The molecule has 2 N–H and O–H groups in total. The molecule has 0 bridgehead atoms. The number of hydrogen-bond acceptors (Lipinski definition) is 4. The molecule has 22 heavy (non-hydrogen) atoms. The smallest absolute Gasteiger partial charge is 0.224 e. The van der Waals surface area contributed by atoms with Crippen LogP contribution in [0.25, 0.3) is 11.3 Å². The van der Waals surface area contributed by atoms with Gasteiger partial charge in [-0.1, -0.05) is 30.3 Å². The molecular weight excluding hydrogens is 279 g/mol. The molecule has 3 aromatic rings. The Balaban J connectivity index is 1.95. The van der Waals surface area contributed by atoms with Crippen molar-refractivity contribution < 1.29 is 4.39 Å².